The highest BCUT2D eigenvalue weighted by molar-refractivity contribution is 5.81. The first kappa shape index (κ1) is 14.1. The quantitative estimate of drug-likeness (QED) is 0.504. The van der Waals surface area contributed by atoms with Crippen molar-refractivity contribution in [3.8, 4) is 0 Å². The largest absolute Gasteiger partial charge is 0.461 e. The van der Waals surface area contributed by atoms with Gasteiger partial charge in [0, 0.05) is 19.2 Å². The van der Waals surface area contributed by atoms with E-state index in [1.54, 1.807) is 19.9 Å². The van der Waals surface area contributed by atoms with Gasteiger partial charge in [0.1, 0.15) is 6.61 Å². The number of hydrogen-bond acceptors (Lipinski definition) is 4. The summed E-state index contributed by atoms with van der Waals surface area (Å²) >= 11 is 0. The average molecular weight is 215 g/mol. The van der Waals surface area contributed by atoms with Crippen LogP contribution in [0.5, 0.6) is 0 Å². The van der Waals surface area contributed by atoms with E-state index < -0.39 is 0 Å². The summed E-state index contributed by atoms with van der Waals surface area (Å²) in [6, 6.07) is 0. The molecule has 0 fully saturated rings. The van der Waals surface area contributed by atoms with Gasteiger partial charge < -0.3 is 9.84 Å². The van der Waals surface area contributed by atoms with Crippen LogP contribution in [-0.4, -0.2) is 48.3 Å². The lowest BCUT2D eigenvalue weighted by Crippen LogP contribution is -2.34. The van der Waals surface area contributed by atoms with Gasteiger partial charge in [0.25, 0.3) is 0 Å². The SMILES string of the molecule is C/C=C/C(=O)OCCN(CC)CC(C)O. The van der Waals surface area contributed by atoms with Crippen LogP contribution in [0.4, 0.5) is 0 Å². The first-order chi connectivity index (χ1) is 7.10. The number of carbonyl (C=O) groups excluding carboxylic acids is 1. The second-order valence-corrected chi connectivity index (χ2v) is 3.41. The molecule has 0 rings (SSSR count). The molecule has 0 bridgehead atoms. The second kappa shape index (κ2) is 8.44. The lowest BCUT2D eigenvalue weighted by Gasteiger charge is -2.21. The lowest BCUT2D eigenvalue weighted by atomic mass is 10.3. The summed E-state index contributed by atoms with van der Waals surface area (Å²) in [7, 11) is 0. The monoisotopic (exact) mass is 215 g/mol. The Morgan fingerprint density at radius 2 is 2.27 bits per heavy atom. The van der Waals surface area contributed by atoms with Gasteiger partial charge in [-0.3, -0.25) is 4.90 Å². The molecule has 0 radical (unpaired) electrons. The maximum Gasteiger partial charge on any atom is 0.330 e. The van der Waals surface area contributed by atoms with Crippen LogP contribution in [0.15, 0.2) is 12.2 Å². The smallest absolute Gasteiger partial charge is 0.330 e. The number of aliphatic hydroxyl groups is 1. The minimum Gasteiger partial charge on any atom is -0.461 e. The van der Waals surface area contributed by atoms with Crippen molar-refractivity contribution < 1.29 is 14.6 Å². The summed E-state index contributed by atoms with van der Waals surface area (Å²) < 4.78 is 4.95. The molecule has 0 aliphatic rings. The molecule has 15 heavy (non-hydrogen) atoms. The van der Waals surface area contributed by atoms with Gasteiger partial charge >= 0.3 is 5.97 Å². The lowest BCUT2D eigenvalue weighted by molar-refractivity contribution is -0.138. The molecule has 1 atom stereocenters. The second-order valence-electron chi connectivity index (χ2n) is 3.41. The van der Waals surface area contributed by atoms with E-state index in [1.807, 2.05) is 11.8 Å². The molecule has 0 spiro atoms. The minimum absolute atomic E-state index is 0.314. The van der Waals surface area contributed by atoms with Gasteiger partial charge in [-0.2, -0.15) is 0 Å². The van der Waals surface area contributed by atoms with Gasteiger partial charge in [0.05, 0.1) is 6.10 Å². The highest BCUT2D eigenvalue weighted by atomic mass is 16.5. The van der Waals surface area contributed by atoms with E-state index in [-0.39, 0.29) is 12.1 Å². The molecule has 0 saturated carbocycles. The van der Waals surface area contributed by atoms with Crippen molar-refractivity contribution in [1.29, 1.82) is 0 Å². The van der Waals surface area contributed by atoms with Crippen molar-refractivity contribution in [2.24, 2.45) is 0 Å². The molecule has 0 aliphatic carbocycles. The molecule has 4 heteroatoms. The number of rotatable bonds is 7. The minimum atomic E-state index is -0.351. The number of esters is 1. The summed E-state index contributed by atoms with van der Waals surface area (Å²) in [6.07, 6.45) is 2.69. The normalized spacial score (nSPS) is 13.4. The first-order valence-corrected chi connectivity index (χ1v) is 5.30. The summed E-state index contributed by atoms with van der Waals surface area (Å²) in [4.78, 5) is 13.0. The van der Waals surface area contributed by atoms with Crippen molar-refractivity contribution >= 4 is 5.97 Å². The zero-order valence-corrected chi connectivity index (χ0v) is 9.77. The van der Waals surface area contributed by atoms with E-state index in [4.69, 9.17) is 4.74 Å². The molecule has 0 amide bonds. The van der Waals surface area contributed by atoms with E-state index >= 15 is 0 Å². The Morgan fingerprint density at radius 1 is 1.60 bits per heavy atom. The average Bonchev–Trinajstić information content (AvgIpc) is 2.16. The highest BCUT2D eigenvalue weighted by Crippen LogP contribution is 1.92. The number of aliphatic hydroxyl groups excluding tert-OH is 1. The maximum absolute atomic E-state index is 11.0. The number of ether oxygens (including phenoxy) is 1. The van der Waals surface area contributed by atoms with Crippen LogP contribution in [0.3, 0.4) is 0 Å². The van der Waals surface area contributed by atoms with Crippen LogP contribution in [0.25, 0.3) is 0 Å². The third-order valence-electron chi connectivity index (χ3n) is 1.92. The van der Waals surface area contributed by atoms with Gasteiger partial charge in [-0.1, -0.05) is 13.0 Å². The van der Waals surface area contributed by atoms with E-state index in [1.165, 1.54) is 6.08 Å². The predicted molar refractivity (Wildman–Crippen MR) is 59.6 cm³/mol. The summed E-state index contributed by atoms with van der Waals surface area (Å²) in [5, 5.41) is 9.19. The van der Waals surface area contributed by atoms with Gasteiger partial charge in [0.2, 0.25) is 0 Å². The summed E-state index contributed by atoms with van der Waals surface area (Å²) in [6.45, 7) is 8.00. The first-order valence-electron chi connectivity index (χ1n) is 5.30. The molecule has 1 unspecified atom stereocenters. The summed E-state index contributed by atoms with van der Waals surface area (Å²) in [5.41, 5.74) is 0. The van der Waals surface area contributed by atoms with Crippen molar-refractivity contribution in [2.45, 2.75) is 26.9 Å². The van der Waals surface area contributed by atoms with Crippen LogP contribution < -0.4 is 0 Å². The van der Waals surface area contributed by atoms with Gasteiger partial charge in [0.15, 0.2) is 0 Å². The highest BCUT2D eigenvalue weighted by Gasteiger charge is 2.06. The Kier molecular flexibility index (Phi) is 7.95. The zero-order chi connectivity index (χ0) is 11.7. The van der Waals surface area contributed by atoms with Crippen molar-refractivity contribution in [1.82, 2.24) is 4.90 Å². The molecule has 4 nitrogen and oxygen atoms in total. The molecular formula is C11H21NO3. The third-order valence-corrected chi connectivity index (χ3v) is 1.92. The number of allylic oxidation sites excluding steroid dienone is 1. The standard InChI is InChI=1S/C11H21NO3/c1-4-6-11(14)15-8-7-12(5-2)9-10(3)13/h4,6,10,13H,5,7-9H2,1-3H3/b6-4+. The molecule has 0 aromatic rings. The fraction of sp³-hybridized carbons (Fsp3) is 0.727. The van der Waals surface area contributed by atoms with E-state index in [0.29, 0.717) is 19.7 Å². The molecule has 0 aliphatic heterocycles. The third kappa shape index (κ3) is 8.15. The number of carbonyl (C=O) groups is 1. The van der Waals surface area contributed by atoms with Crippen LogP contribution in [0.1, 0.15) is 20.8 Å². The van der Waals surface area contributed by atoms with Crippen LogP contribution >= 0.6 is 0 Å². The van der Waals surface area contributed by atoms with Gasteiger partial charge in [-0.25, -0.2) is 4.79 Å². The zero-order valence-electron chi connectivity index (χ0n) is 9.77. The Labute approximate surface area is 91.5 Å². The fourth-order valence-corrected chi connectivity index (χ4v) is 1.21. The molecular weight excluding hydrogens is 194 g/mol. The maximum atomic E-state index is 11.0. The van der Waals surface area contributed by atoms with Crippen LogP contribution in [0.2, 0.25) is 0 Å². The van der Waals surface area contributed by atoms with Crippen LogP contribution in [-0.2, 0) is 9.53 Å². The Morgan fingerprint density at radius 3 is 2.73 bits per heavy atom. The number of nitrogens with zero attached hydrogens (tertiary/aromatic N) is 1. The molecule has 1 N–H and O–H groups in total. The Bertz CT molecular complexity index is 202. The van der Waals surface area contributed by atoms with Crippen molar-refractivity contribution in [3.63, 3.8) is 0 Å². The van der Waals surface area contributed by atoms with E-state index in [9.17, 15) is 9.90 Å². The Balaban J connectivity index is 3.67. The predicted octanol–water partition coefficient (Wildman–Crippen LogP) is 0.808. The fourth-order valence-electron chi connectivity index (χ4n) is 1.21. The molecule has 0 heterocycles. The van der Waals surface area contributed by atoms with Crippen LogP contribution in [0, 0.1) is 0 Å². The topological polar surface area (TPSA) is 49.8 Å². The van der Waals surface area contributed by atoms with Gasteiger partial charge in [-0.15, -0.1) is 0 Å². The number of likely N-dealkylation sites (N-methyl/N-ethyl adjacent to an activating group) is 1. The number of hydrogen-bond donors (Lipinski definition) is 1. The Hall–Kier alpha value is -0.870. The molecule has 0 saturated heterocycles. The van der Waals surface area contributed by atoms with E-state index in [0.717, 1.165) is 6.54 Å². The van der Waals surface area contributed by atoms with E-state index in [2.05, 4.69) is 0 Å². The van der Waals surface area contributed by atoms with Crippen molar-refractivity contribution in [2.75, 3.05) is 26.2 Å². The van der Waals surface area contributed by atoms with Crippen molar-refractivity contribution in [3.05, 3.63) is 12.2 Å². The molecule has 0 aromatic heterocycles. The molecule has 0 aromatic carbocycles. The van der Waals surface area contributed by atoms with Gasteiger partial charge in [-0.05, 0) is 20.4 Å². The molecule has 88 valence electrons. The summed E-state index contributed by atoms with van der Waals surface area (Å²) in [5.74, 6) is -0.314.